The van der Waals surface area contributed by atoms with Crippen molar-refractivity contribution in [2.24, 2.45) is 34.5 Å². The van der Waals surface area contributed by atoms with Gasteiger partial charge in [-0.3, -0.25) is 0 Å². The number of allylic oxidation sites excluding steroid dienone is 1. The van der Waals surface area contributed by atoms with Gasteiger partial charge in [-0.25, -0.2) is 0 Å². The lowest BCUT2D eigenvalue weighted by Gasteiger charge is -2.59. The number of aliphatic hydroxyl groups is 2. The van der Waals surface area contributed by atoms with E-state index >= 15 is 0 Å². The normalized spacial score (nSPS) is 45.1. The second-order valence-corrected chi connectivity index (χ2v) is 11.9. The third kappa shape index (κ3) is 3.82. The predicted molar refractivity (Wildman–Crippen MR) is 122 cm³/mol. The molecule has 4 aliphatic carbocycles. The van der Waals surface area contributed by atoms with Crippen LogP contribution >= 0.6 is 0 Å². The van der Waals surface area contributed by atoms with Crippen LogP contribution in [0.4, 0.5) is 0 Å². The van der Waals surface area contributed by atoms with Crippen molar-refractivity contribution in [1.82, 2.24) is 0 Å². The number of rotatable bonds is 7. The molecule has 0 bridgehead atoms. The van der Waals surface area contributed by atoms with Gasteiger partial charge in [-0.15, -0.1) is 0 Å². The highest BCUT2D eigenvalue weighted by Crippen LogP contribution is 2.66. The SMILES string of the molecule is CCC(C)(O)CCCC1CCC2C3CC=C4CC(O)CCC4(COC)C3CCC12C. The summed E-state index contributed by atoms with van der Waals surface area (Å²) in [6.07, 6.45) is 16.2. The number of hydrogen-bond donors (Lipinski definition) is 2. The third-order valence-corrected chi connectivity index (χ3v) is 10.4. The lowest BCUT2D eigenvalue weighted by atomic mass is 9.47. The van der Waals surface area contributed by atoms with Crippen molar-refractivity contribution in [1.29, 1.82) is 0 Å². The van der Waals surface area contributed by atoms with Crippen LogP contribution in [0.2, 0.25) is 0 Å². The molecule has 0 aromatic carbocycles. The van der Waals surface area contributed by atoms with Crippen molar-refractivity contribution in [3.63, 3.8) is 0 Å². The lowest BCUT2D eigenvalue weighted by molar-refractivity contribution is -0.0816. The van der Waals surface area contributed by atoms with E-state index in [0.717, 1.165) is 68.8 Å². The van der Waals surface area contributed by atoms with Crippen molar-refractivity contribution in [3.8, 4) is 0 Å². The summed E-state index contributed by atoms with van der Waals surface area (Å²) < 4.78 is 5.83. The standard InChI is InChI=1S/C27H46O3/c1-5-25(2,29)14-6-7-19-9-11-23-22-10-8-20-17-21(28)12-16-27(20,18-30-4)24(22)13-15-26(19,23)3/h8,19,21-24,28-29H,5-7,9-18H2,1-4H3. The van der Waals surface area contributed by atoms with Gasteiger partial charge in [0, 0.05) is 12.5 Å². The number of methoxy groups -OCH3 is 1. The highest BCUT2D eigenvalue weighted by molar-refractivity contribution is 5.26. The van der Waals surface area contributed by atoms with E-state index in [-0.39, 0.29) is 11.5 Å². The van der Waals surface area contributed by atoms with E-state index in [1.807, 2.05) is 14.0 Å². The van der Waals surface area contributed by atoms with Gasteiger partial charge in [0.2, 0.25) is 0 Å². The van der Waals surface area contributed by atoms with E-state index < -0.39 is 5.60 Å². The summed E-state index contributed by atoms with van der Waals surface area (Å²) in [5.41, 5.74) is 1.70. The first-order valence-electron chi connectivity index (χ1n) is 12.8. The Morgan fingerprint density at radius 2 is 1.97 bits per heavy atom. The van der Waals surface area contributed by atoms with Gasteiger partial charge in [-0.2, -0.15) is 0 Å². The summed E-state index contributed by atoms with van der Waals surface area (Å²) in [6, 6.07) is 0. The molecule has 0 aromatic rings. The van der Waals surface area contributed by atoms with E-state index in [4.69, 9.17) is 4.74 Å². The smallest absolute Gasteiger partial charge is 0.0617 e. The molecule has 3 heteroatoms. The molecule has 2 N–H and O–H groups in total. The van der Waals surface area contributed by atoms with E-state index in [1.165, 1.54) is 44.1 Å². The van der Waals surface area contributed by atoms with Crippen LogP contribution in [-0.2, 0) is 4.74 Å². The largest absolute Gasteiger partial charge is 0.393 e. The Bertz CT molecular complexity index is 640. The maximum Gasteiger partial charge on any atom is 0.0617 e. The first-order valence-corrected chi connectivity index (χ1v) is 12.8. The van der Waals surface area contributed by atoms with Gasteiger partial charge < -0.3 is 14.9 Å². The highest BCUT2D eigenvalue weighted by Gasteiger charge is 2.59. The highest BCUT2D eigenvalue weighted by atomic mass is 16.5. The molecule has 0 amide bonds. The molecule has 0 heterocycles. The van der Waals surface area contributed by atoms with Crippen LogP contribution < -0.4 is 0 Å². The van der Waals surface area contributed by atoms with Crippen LogP contribution in [0, 0.1) is 34.5 Å². The quantitative estimate of drug-likeness (QED) is 0.507. The van der Waals surface area contributed by atoms with Gasteiger partial charge >= 0.3 is 0 Å². The predicted octanol–water partition coefficient (Wildman–Crippen LogP) is 5.88. The first kappa shape index (κ1) is 22.8. The van der Waals surface area contributed by atoms with Gasteiger partial charge in [-0.1, -0.05) is 31.9 Å². The second kappa shape index (κ2) is 8.52. The molecular weight excluding hydrogens is 372 g/mol. The van der Waals surface area contributed by atoms with Crippen LogP contribution in [0.1, 0.15) is 97.8 Å². The minimum atomic E-state index is -0.487. The topological polar surface area (TPSA) is 49.7 Å². The molecular formula is C27H46O3. The molecule has 0 aromatic heterocycles. The Balaban J connectivity index is 1.50. The fraction of sp³-hybridized carbons (Fsp3) is 0.926. The zero-order valence-corrected chi connectivity index (χ0v) is 20.0. The fourth-order valence-electron chi connectivity index (χ4n) is 8.45. The van der Waals surface area contributed by atoms with Gasteiger partial charge in [0.05, 0.1) is 18.3 Å². The average molecular weight is 419 g/mol. The van der Waals surface area contributed by atoms with E-state index in [1.54, 1.807) is 0 Å². The molecule has 4 rings (SSSR count). The number of hydrogen-bond acceptors (Lipinski definition) is 3. The van der Waals surface area contributed by atoms with Crippen molar-refractivity contribution >= 4 is 0 Å². The molecule has 0 saturated heterocycles. The second-order valence-electron chi connectivity index (χ2n) is 11.9. The van der Waals surface area contributed by atoms with Gasteiger partial charge in [-0.05, 0) is 107 Å². The zero-order valence-electron chi connectivity index (χ0n) is 20.0. The van der Waals surface area contributed by atoms with E-state index in [9.17, 15) is 10.2 Å². The molecule has 30 heavy (non-hydrogen) atoms. The molecule has 3 nitrogen and oxygen atoms in total. The Labute approximate surface area is 184 Å². The number of aliphatic hydroxyl groups excluding tert-OH is 1. The molecule has 0 spiro atoms. The minimum absolute atomic E-state index is 0.150. The Hall–Kier alpha value is -0.380. The molecule has 0 radical (unpaired) electrons. The third-order valence-electron chi connectivity index (χ3n) is 10.4. The van der Waals surface area contributed by atoms with Crippen LogP contribution in [-0.4, -0.2) is 35.6 Å². The summed E-state index contributed by atoms with van der Waals surface area (Å²) in [6.45, 7) is 7.54. The Morgan fingerprint density at radius 3 is 2.70 bits per heavy atom. The molecule has 8 atom stereocenters. The molecule has 3 fully saturated rings. The summed E-state index contributed by atoms with van der Waals surface area (Å²) in [5, 5.41) is 20.7. The van der Waals surface area contributed by atoms with Crippen LogP contribution in [0.3, 0.4) is 0 Å². The molecule has 172 valence electrons. The van der Waals surface area contributed by atoms with E-state index in [2.05, 4.69) is 19.9 Å². The number of ether oxygens (including phenoxy) is 1. The summed E-state index contributed by atoms with van der Waals surface area (Å²) in [5.74, 6) is 3.20. The molecule has 0 aliphatic heterocycles. The van der Waals surface area contributed by atoms with Crippen molar-refractivity contribution < 1.29 is 14.9 Å². The van der Waals surface area contributed by atoms with Crippen LogP contribution in [0.15, 0.2) is 11.6 Å². The zero-order chi connectivity index (χ0) is 21.6. The monoisotopic (exact) mass is 418 g/mol. The Morgan fingerprint density at radius 1 is 1.17 bits per heavy atom. The first-order chi connectivity index (χ1) is 14.3. The summed E-state index contributed by atoms with van der Waals surface area (Å²) in [4.78, 5) is 0. The van der Waals surface area contributed by atoms with Crippen molar-refractivity contribution in [2.45, 2.75) is 110 Å². The summed E-state index contributed by atoms with van der Waals surface area (Å²) >= 11 is 0. The molecule has 3 saturated carbocycles. The molecule has 8 unspecified atom stereocenters. The fourth-order valence-corrected chi connectivity index (χ4v) is 8.45. The Kier molecular flexibility index (Phi) is 6.48. The molecule has 4 aliphatic rings. The van der Waals surface area contributed by atoms with Gasteiger partial charge in [0.1, 0.15) is 0 Å². The van der Waals surface area contributed by atoms with Gasteiger partial charge in [0.25, 0.3) is 0 Å². The van der Waals surface area contributed by atoms with Gasteiger partial charge in [0.15, 0.2) is 0 Å². The minimum Gasteiger partial charge on any atom is -0.393 e. The average Bonchev–Trinajstić information content (AvgIpc) is 3.05. The lowest BCUT2D eigenvalue weighted by Crippen LogP contribution is -2.53. The van der Waals surface area contributed by atoms with Crippen LogP contribution in [0.5, 0.6) is 0 Å². The van der Waals surface area contributed by atoms with Crippen molar-refractivity contribution in [3.05, 3.63) is 11.6 Å². The number of fused-ring (bicyclic) bond motifs is 5. The maximum absolute atomic E-state index is 10.4. The maximum atomic E-state index is 10.4. The van der Waals surface area contributed by atoms with Crippen molar-refractivity contribution in [2.75, 3.05) is 13.7 Å². The summed E-state index contributed by atoms with van der Waals surface area (Å²) in [7, 11) is 1.87. The van der Waals surface area contributed by atoms with E-state index in [0.29, 0.717) is 5.41 Å². The van der Waals surface area contributed by atoms with Crippen LogP contribution in [0.25, 0.3) is 0 Å².